The first-order valence-corrected chi connectivity index (χ1v) is 7.12. The number of benzene rings is 2. The monoisotopic (exact) mass is 318 g/mol. The van der Waals surface area contributed by atoms with Crippen molar-refractivity contribution >= 4 is 34.1 Å². The van der Waals surface area contributed by atoms with Crippen LogP contribution in [0.15, 0.2) is 36.4 Å². The minimum Gasteiger partial charge on any atom is -0.497 e. The van der Waals surface area contributed by atoms with Gasteiger partial charge in [0.2, 0.25) is 0 Å². The number of halogens is 2. The SMILES string of the molecule is COc1ccc2c(Cl)nc(-c3cccc(Cl)c3C)nc2c1. The van der Waals surface area contributed by atoms with E-state index in [9.17, 15) is 0 Å². The largest absolute Gasteiger partial charge is 0.497 e. The van der Waals surface area contributed by atoms with Crippen LogP contribution in [-0.4, -0.2) is 17.1 Å². The third-order valence-electron chi connectivity index (χ3n) is 3.37. The Kier molecular flexibility index (Phi) is 3.70. The van der Waals surface area contributed by atoms with Crippen molar-refractivity contribution in [1.82, 2.24) is 9.97 Å². The highest BCUT2D eigenvalue weighted by molar-refractivity contribution is 6.34. The van der Waals surface area contributed by atoms with Gasteiger partial charge in [-0.3, -0.25) is 0 Å². The maximum absolute atomic E-state index is 6.27. The number of aromatic nitrogens is 2. The minimum absolute atomic E-state index is 0.414. The minimum atomic E-state index is 0.414. The Balaban J connectivity index is 2.26. The molecule has 0 atom stereocenters. The molecular formula is C16H12Cl2N2O. The molecule has 21 heavy (non-hydrogen) atoms. The van der Waals surface area contributed by atoms with Crippen LogP contribution in [0.25, 0.3) is 22.3 Å². The van der Waals surface area contributed by atoms with Crippen molar-refractivity contribution in [1.29, 1.82) is 0 Å². The van der Waals surface area contributed by atoms with E-state index in [4.69, 9.17) is 27.9 Å². The van der Waals surface area contributed by atoms with E-state index in [2.05, 4.69) is 9.97 Å². The van der Waals surface area contributed by atoms with E-state index < -0.39 is 0 Å². The molecule has 0 saturated carbocycles. The fourth-order valence-electron chi connectivity index (χ4n) is 2.17. The van der Waals surface area contributed by atoms with Gasteiger partial charge in [-0.25, -0.2) is 9.97 Å². The number of ether oxygens (including phenoxy) is 1. The molecule has 0 N–H and O–H groups in total. The molecule has 0 spiro atoms. The molecule has 0 fully saturated rings. The number of methoxy groups -OCH3 is 1. The number of hydrogen-bond acceptors (Lipinski definition) is 3. The summed E-state index contributed by atoms with van der Waals surface area (Å²) in [4.78, 5) is 8.97. The third-order valence-corrected chi connectivity index (χ3v) is 4.06. The first-order valence-electron chi connectivity index (χ1n) is 6.37. The molecule has 3 rings (SSSR count). The van der Waals surface area contributed by atoms with E-state index in [-0.39, 0.29) is 0 Å². The van der Waals surface area contributed by atoms with Crippen molar-refractivity contribution in [2.45, 2.75) is 6.92 Å². The summed E-state index contributed by atoms with van der Waals surface area (Å²) in [5.41, 5.74) is 2.54. The highest BCUT2D eigenvalue weighted by atomic mass is 35.5. The van der Waals surface area contributed by atoms with Crippen molar-refractivity contribution in [3.05, 3.63) is 52.1 Å². The van der Waals surface area contributed by atoms with Crippen LogP contribution in [0.1, 0.15) is 5.56 Å². The Bertz CT molecular complexity index is 834. The van der Waals surface area contributed by atoms with Crippen LogP contribution in [0.2, 0.25) is 10.2 Å². The van der Waals surface area contributed by atoms with Gasteiger partial charge >= 0.3 is 0 Å². The smallest absolute Gasteiger partial charge is 0.161 e. The lowest BCUT2D eigenvalue weighted by Gasteiger charge is -2.09. The molecular weight excluding hydrogens is 307 g/mol. The normalized spacial score (nSPS) is 10.9. The van der Waals surface area contributed by atoms with Gasteiger partial charge in [-0.2, -0.15) is 0 Å². The van der Waals surface area contributed by atoms with Crippen LogP contribution in [0.4, 0.5) is 0 Å². The van der Waals surface area contributed by atoms with Gasteiger partial charge in [0.1, 0.15) is 10.9 Å². The topological polar surface area (TPSA) is 35.0 Å². The Morgan fingerprint density at radius 3 is 2.62 bits per heavy atom. The molecule has 0 aliphatic carbocycles. The molecule has 0 unspecified atom stereocenters. The van der Waals surface area contributed by atoms with Crippen molar-refractivity contribution in [3.63, 3.8) is 0 Å². The molecule has 0 amide bonds. The summed E-state index contributed by atoms with van der Waals surface area (Å²) in [5.74, 6) is 1.28. The lowest BCUT2D eigenvalue weighted by molar-refractivity contribution is 0.415. The predicted octanol–water partition coefficient (Wildman–Crippen LogP) is 4.92. The highest BCUT2D eigenvalue weighted by Crippen LogP contribution is 2.30. The van der Waals surface area contributed by atoms with Crippen LogP contribution in [0, 0.1) is 6.92 Å². The average Bonchev–Trinajstić information content (AvgIpc) is 2.49. The van der Waals surface area contributed by atoms with Crippen molar-refractivity contribution in [3.8, 4) is 17.1 Å². The molecule has 5 heteroatoms. The van der Waals surface area contributed by atoms with Gasteiger partial charge in [-0.05, 0) is 30.7 Å². The fourth-order valence-corrected chi connectivity index (χ4v) is 2.58. The Morgan fingerprint density at radius 2 is 1.86 bits per heavy atom. The van der Waals surface area contributed by atoms with Gasteiger partial charge in [0.15, 0.2) is 5.82 Å². The summed E-state index contributed by atoms with van der Waals surface area (Å²) in [7, 11) is 1.62. The maximum atomic E-state index is 6.27. The Labute approximate surface area is 132 Å². The molecule has 0 aliphatic rings. The molecule has 2 aromatic carbocycles. The lowest BCUT2D eigenvalue weighted by Crippen LogP contribution is -1.95. The van der Waals surface area contributed by atoms with Crippen LogP contribution < -0.4 is 4.74 Å². The third kappa shape index (κ3) is 2.55. The standard InChI is InChI=1S/C16H12Cl2N2O/c1-9-11(4-3-5-13(9)17)16-19-14-8-10(21-2)6-7-12(14)15(18)20-16/h3-8H,1-2H3. The summed E-state index contributed by atoms with van der Waals surface area (Å²) >= 11 is 12.4. The van der Waals surface area contributed by atoms with Crippen molar-refractivity contribution in [2.24, 2.45) is 0 Å². The van der Waals surface area contributed by atoms with Crippen LogP contribution in [0.3, 0.4) is 0 Å². The van der Waals surface area contributed by atoms with Gasteiger partial charge in [0.05, 0.1) is 12.6 Å². The first kappa shape index (κ1) is 14.1. The number of nitrogens with zero attached hydrogens (tertiary/aromatic N) is 2. The fraction of sp³-hybridized carbons (Fsp3) is 0.125. The molecule has 0 radical (unpaired) electrons. The molecule has 1 heterocycles. The zero-order valence-corrected chi connectivity index (χ0v) is 13.0. The first-order chi connectivity index (χ1) is 10.1. The predicted molar refractivity (Wildman–Crippen MR) is 86.3 cm³/mol. The number of hydrogen-bond donors (Lipinski definition) is 0. The summed E-state index contributed by atoms with van der Waals surface area (Å²) in [6, 6.07) is 11.2. The van der Waals surface area contributed by atoms with E-state index in [1.807, 2.05) is 43.3 Å². The van der Waals surface area contributed by atoms with Gasteiger partial charge in [-0.15, -0.1) is 0 Å². The summed E-state index contributed by atoms with van der Waals surface area (Å²) in [6.45, 7) is 1.94. The van der Waals surface area contributed by atoms with Crippen LogP contribution >= 0.6 is 23.2 Å². The van der Waals surface area contributed by atoms with E-state index in [1.165, 1.54) is 0 Å². The second kappa shape index (κ2) is 5.51. The van der Waals surface area contributed by atoms with E-state index >= 15 is 0 Å². The quantitative estimate of drug-likeness (QED) is 0.629. The number of fused-ring (bicyclic) bond motifs is 1. The van der Waals surface area contributed by atoms with E-state index in [0.29, 0.717) is 16.0 Å². The van der Waals surface area contributed by atoms with Crippen molar-refractivity contribution < 1.29 is 4.74 Å². The van der Waals surface area contributed by atoms with Crippen LogP contribution in [-0.2, 0) is 0 Å². The Morgan fingerprint density at radius 1 is 1.05 bits per heavy atom. The molecule has 1 aromatic heterocycles. The van der Waals surface area contributed by atoms with Crippen molar-refractivity contribution in [2.75, 3.05) is 7.11 Å². The summed E-state index contributed by atoms with van der Waals surface area (Å²) in [5, 5.41) is 1.89. The van der Waals surface area contributed by atoms with Gasteiger partial charge in [0.25, 0.3) is 0 Å². The molecule has 0 saturated heterocycles. The number of rotatable bonds is 2. The second-order valence-electron chi connectivity index (χ2n) is 4.63. The lowest BCUT2D eigenvalue weighted by atomic mass is 10.1. The molecule has 0 bridgehead atoms. The van der Waals surface area contributed by atoms with Gasteiger partial charge in [0, 0.05) is 22.0 Å². The maximum Gasteiger partial charge on any atom is 0.161 e. The second-order valence-corrected chi connectivity index (χ2v) is 5.40. The Hall–Kier alpha value is -1.84. The van der Waals surface area contributed by atoms with Crippen LogP contribution in [0.5, 0.6) is 5.75 Å². The summed E-state index contributed by atoms with van der Waals surface area (Å²) < 4.78 is 5.23. The average molecular weight is 319 g/mol. The molecule has 0 aliphatic heterocycles. The molecule has 106 valence electrons. The van der Waals surface area contributed by atoms with Gasteiger partial charge < -0.3 is 4.74 Å². The zero-order valence-electron chi connectivity index (χ0n) is 11.5. The van der Waals surface area contributed by atoms with Gasteiger partial charge in [-0.1, -0.05) is 35.3 Å². The summed E-state index contributed by atoms with van der Waals surface area (Å²) in [6.07, 6.45) is 0. The highest BCUT2D eigenvalue weighted by Gasteiger charge is 2.12. The molecule has 3 nitrogen and oxygen atoms in total. The molecule has 3 aromatic rings. The van der Waals surface area contributed by atoms with E-state index in [0.717, 1.165) is 27.8 Å². The zero-order chi connectivity index (χ0) is 15.0. The van der Waals surface area contributed by atoms with E-state index in [1.54, 1.807) is 7.11 Å².